The molecule has 2 aromatic carbocycles. The third-order valence-corrected chi connectivity index (χ3v) is 7.22. The lowest BCUT2D eigenvalue weighted by Crippen LogP contribution is -2.34. The van der Waals surface area contributed by atoms with Gasteiger partial charge in [-0.3, -0.25) is 0 Å². The number of rotatable bonds is 7. The molecule has 0 heterocycles. The van der Waals surface area contributed by atoms with Gasteiger partial charge in [0.25, 0.3) is 10.0 Å². The van der Waals surface area contributed by atoms with E-state index in [-0.39, 0.29) is 10.9 Å². The lowest BCUT2D eigenvalue weighted by atomic mass is 10.2. The monoisotopic (exact) mass is 411 g/mol. The highest BCUT2D eigenvalue weighted by Gasteiger charge is 2.30. The summed E-state index contributed by atoms with van der Waals surface area (Å²) in [6.45, 7) is 5.69. The van der Waals surface area contributed by atoms with E-state index in [1.165, 1.54) is 15.7 Å². The Morgan fingerprint density at radius 3 is 2.30 bits per heavy atom. The van der Waals surface area contributed by atoms with Crippen LogP contribution < -0.4 is 0 Å². The Bertz CT molecular complexity index is 746. The first-order valence-corrected chi connectivity index (χ1v) is 10.3. The lowest BCUT2D eigenvalue weighted by molar-refractivity contribution is 0.525. The van der Waals surface area contributed by atoms with Gasteiger partial charge in [0.15, 0.2) is 0 Å². The third kappa shape index (κ3) is 4.47. The van der Waals surface area contributed by atoms with E-state index in [1.807, 2.05) is 37.3 Å². The standard InChI is InChI=1S/C17H18BrNO2S2/c1-3-15(13-18)19(22-16-7-5-4-6-8-16)23(20,21)17-11-9-14(2)10-12-17/h3-12,15H,1,13H2,2H3. The molecule has 1 atom stereocenters. The first kappa shape index (κ1) is 18.3. The van der Waals surface area contributed by atoms with E-state index in [0.717, 1.165) is 10.5 Å². The van der Waals surface area contributed by atoms with Crippen molar-refractivity contribution in [3.05, 3.63) is 72.8 Å². The summed E-state index contributed by atoms with van der Waals surface area (Å²) in [7, 11) is -3.64. The van der Waals surface area contributed by atoms with Crippen LogP contribution in [0.3, 0.4) is 0 Å². The van der Waals surface area contributed by atoms with Crippen molar-refractivity contribution in [2.75, 3.05) is 5.33 Å². The van der Waals surface area contributed by atoms with E-state index >= 15 is 0 Å². The Labute approximate surface area is 150 Å². The van der Waals surface area contributed by atoms with Crippen molar-refractivity contribution in [2.24, 2.45) is 0 Å². The van der Waals surface area contributed by atoms with Gasteiger partial charge in [0, 0.05) is 10.2 Å². The second-order valence-electron chi connectivity index (χ2n) is 4.94. The lowest BCUT2D eigenvalue weighted by Gasteiger charge is -2.26. The molecule has 0 aliphatic rings. The molecule has 0 saturated carbocycles. The van der Waals surface area contributed by atoms with Gasteiger partial charge in [-0.05, 0) is 43.1 Å². The molecule has 0 amide bonds. The Morgan fingerprint density at radius 2 is 1.78 bits per heavy atom. The molecular formula is C17H18BrNO2S2. The molecule has 0 radical (unpaired) electrons. The van der Waals surface area contributed by atoms with E-state index in [4.69, 9.17) is 0 Å². The fraction of sp³-hybridized carbons (Fsp3) is 0.176. The van der Waals surface area contributed by atoms with Gasteiger partial charge in [0.2, 0.25) is 0 Å². The molecule has 6 heteroatoms. The minimum absolute atomic E-state index is 0.277. The van der Waals surface area contributed by atoms with Crippen LogP contribution in [0.2, 0.25) is 0 Å². The summed E-state index contributed by atoms with van der Waals surface area (Å²) in [5.41, 5.74) is 1.02. The Kier molecular flexibility index (Phi) is 6.47. The number of nitrogens with zero attached hydrogens (tertiary/aromatic N) is 1. The highest BCUT2D eigenvalue weighted by molar-refractivity contribution is 9.09. The molecule has 2 aromatic rings. The fourth-order valence-corrected chi connectivity index (χ4v) is 5.73. The predicted molar refractivity (Wildman–Crippen MR) is 100 cm³/mol. The zero-order valence-electron chi connectivity index (χ0n) is 12.7. The molecular weight excluding hydrogens is 394 g/mol. The zero-order chi connectivity index (χ0) is 16.9. The van der Waals surface area contributed by atoms with E-state index in [0.29, 0.717) is 5.33 Å². The van der Waals surface area contributed by atoms with E-state index < -0.39 is 10.0 Å². The maximum atomic E-state index is 13.0. The van der Waals surface area contributed by atoms with Gasteiger partial charge in [-0.15, -0.1) is 10.3 Å². The second kappa shape index (κ2) is 8.15. The third-order valence-electron chi connectivity index (χ3n) is 3.20. The van der Waals surface area contributed by atoms with Crippen molar-refractivity contribution in [2.45, 2.75) is 22.8 Å². The molecule has 2 rings (SSSR count). The average molecular weight is 412 g/mol. The van der Waals surface area contributed by atoms with Crippen LogP contribution in [-0.4, -0.2) is 23.5 Å². The van der Waals surface area contributed by atoms with Crippen molar-refractivity contribution in [1.29, 1.82) is 0 Å². The smallest absolute Gasteiger partial charge is 0.206 e. The maximum Gasteiger partial charge on any atom is 0.253 e. The van der Waals surface area contributed by atoms with E-state index in [1.54, 1.807) is 30.3 Å². The molecule has 1 unspecified atom stereocenters. The molecule has 0 bridgehead atoms. The van der Waals surface area contributed by atoms with Gasteiger partial charge < -0.3 is 0 Å². The molecule has 0 spiro atoms. The molecule has 23 heavy (non-hydrogen) atoms. The summed E-state index contributed by atoms with van der Waals surface area (Å²) < 4.78 is 27.5. The largest absolute Gasteiger partial charge is 0.253 e. The molecule has 0 saturated heterocycles. The van der Waals surface area contributed by atoms with Crippen molar-refractivity contribution < 1.29 is 8.42 Å². The molecule has 0 aliphatic carbocycles. The number of benzene rings is 2. The first-order valence-electron chi connectivity index (χ1n) is 7.01. The number of sulfonamides is 1. The predicted octanol–water partition coefficient (Wildman–Crippen LogP) is 4.64. The van der Waals surface area contributed by atoms with Gasteiger partial charge in [-0.1, -0.05) is 57.9 Å². The van der Waals surface area contributed by atoms with Crippen LogP contribution in [-0.2, 0) is 10.0 Å². The van der Waals surface area contributed by atoms with Crippen LogP contribution in [0.1, 0.15) is 5.56 Å². The molecule has 3 nitrogen and oxygen atoms in total. The Balaban J connectivity index is 2.43. The maximum absolute atomic E-state index is 13.0. The number of halogens is 1. The van der Waals surface area contributed by atoms with Crippen LogP contribution in [0.15, 0.2) is 77.0 Å². The molecule has 122 valence electrons. The summed E-state index contributed by atoms with van der Waals surface area (Å²) in [5.74, 6) is 0. The quantitative estimate of drug-likeness (QED) is 0.378. The number of hydrogen-bond acceptors (Lipinski definition) is 3. The van der Waals surface area contributed by atoms with Crippen molar-refractivity contribution in [1.82, 2.24) is 3.71 Å². The molecule has 0 aromatic heterocycles. The van der Waals surface area contributed by atoms with Crippen molar-refractivity contribution >= 4 is 37.9 Å². The number of aryl methyl sites for hydroxylation is 1. The minimum atomic E-state index is -3.64. The van der Waals surface area contributed by atoms with Crippen LogP contribution >= 0.6 is 27.9 Å². The summed E-state index contributed by atoms with van der Waals surface area (Å²) in [4.78, 5) is 1.13. The number of alkyl halides is 1. The molecule has 0 N–H and O–H groups in total. The van der Waals surface area contributed by atoms with Crippen LogP contribution in [0.25, 0.3) is 0 Å². The number of hydrogen-bond donors (Lipinski definition) is 0. The average Bonchev–Trinajstić information content (AvgIpc) is 2.56. The summed E-state index contributed by atoms with van der Waals surface area (Å²) >= 11 is 4.57. The van der Waals surface area contributed by atoms with Crippen molar-refractivity contribution in [3.63, 3.8) is 0 Å². The normalized spacial score (nSPS) is 13.0. The first-order chi connectivity index (χ1) is 11.0. The van der Waals surface area contributed by atoms with Crippen LogP contribution in [0, 0.1) is 6.92 Å². The van der Waals surface area contributed by atoms with Gasteiger partial charge in [-0.25, -0.2) is 8.42 Å². The Hall–Kier alpha value is -1.08. The zero-order valence-corrected chi connectivity index (χ0v) is 15.9. The van der Waals surface area contributed by atoms with Gasteiger partial charge >= 0.3 is 0 Å². The van der Waals surface area contributed by atoms with Crippen LogP contribution in [0.4, 0.5) is 0 Å². The minimum Gasteiger partial charge on any atom is -0.206 e. The van der Waals surface area contributed by atoms with Gasteiger partial charge in [0.1, 0.15) is 0 Å². The van der Waals surface area contributed by atoms with E-state index in [2.05, 4.69) is 22.5 Å². The topological polar surface area (TPSA) is 37.4 Å². The molecule has 0 fully saturated rings. The summed E-state index contributed by atoms with van der Waals surface area (Å²) in [6, 6.07) is 16.0. The van der Waals surface area contributed by atoms with Crippen molar-refractivity contribution in [3.8, 4) is 0 Å². The highest BCUT2D eigenvalue weighted by Crippen LogP contribution is 2.32. The highest BCUT2D eigenvalue weighted by atomic mass is 79.9. The summed E-state index contributed by atoms with van der Waals surface area (Å²) in [5, 5.41) is 0.474. The SMILES string of the molecule is C=CC(CBr)N(Sc1ccccc1)S(=O)(=O)c1ccc(C)cc1. The van der Waals surface area contributed by atoms with Crippen LogP contribution in [0.5, 0.6) is 0 Å². The van der Waals surface area contributed by atoms with Gasteiger partial charge in [-0.2, -0.15) is 0 Å². The second-order valence-corrected chi connectivity index (χ2v) is 8.68. The Morgan fingerprint density at radius 1 is 1.17 bits per heavy atom. The molecule has 0 aliphatic heterocycles. The van der Waals surface area contributed by atoms with E-state index in [9.17, 15) is 8.42 Å². The van der Waals surface area contributed by atoms with Gasteiger partial charge in [0.05, 0.1) is 10.9 Å². The fourth-order valence-electron chi connectivity index (χ4n) is 1.90. The summed E-state index contributed by atoms with van der Waals surface area (Å²) in [6.07, 6.45) is 1.64.